The van der Waals surface area contributed by atoms with E-state index in [0.717, 1.165) is 28.2 Å². The summed E-state index contributed by atoms with van der Waals surface area (Å²) in [5, 5.41) is 1.15. The highest BCUT2D eigenvalue weighted by Crippen LogP contribution is 2.31. The minimum atomic E-state index is -0.313. The lowest BCUT2D eigenvalue weighted by atomic mass is 10.3. The number of aromatic nitrogens is 1. The van der Waals surface area contributed by atoms with Crippen LogP contribution in [0.2, 0.25) is 5.02 Å². The predicted molar refractivity (Wildman–Crippen MR) is 117 cm³/mol. The summed E-state index contributed by atoms with van der Waals surface area (Å²) < 4.78 is 6.25. The zero-order valence-corrected chi connectivity index (χ0v) is 18.6. The van der Waals surface area contributed by atoms with E-state index >= 15 is 0 Å². The molecule has 0 saturated carbocycles. The molecular weight excluding hydrogens is 451 g/mol. The average molecular weight is 473 g/mol. The first-order valence-electron chi connectivity index (χ1n) is 9.51. The van der Waals surface area contributed by atoms with Gasteiger partial charge in [-0.1, -0.05) is 22.9 Å². The quantitative estimate of drug-likeness (QED) is 0.599. The monoisotopic (exact) mass is 472 g/mol. The highest BCUT2D eigenvalue weighted by molar-refractivity contribution is 7.22. The van der Waals surface area contributed by atoms with Gasteiger partial charge in [-0.15, -0.1) is 12.4 Å². The van der Waals surface area contributed by atoms with E-state index in [1.807, 2.05) is 12.1 Å². The van der Waals surface area contributed by atoms with E-state index in [4.69, 9.17) is 16.3 Å². The van der Waals surface area contributed by atoms with E-state index in [1.165, 1.54) is 11.3 Å². The maximum atomic E-state index is 13.1. The van der Waals surface area contributed by atoms with Gasteiger partial charge in [0.1, 0.15) is 6.54 Å². The van der Waals surface area contributed by atoms with Crippen molar-refractivity contribution in [2.45, 2.75) is 12.8 Å². The van der Waals surface area contributed by atoms with Crippen LogP contribution in [0, 0.1) is 0 Å². The van der Waals surface area contributed by atoms with E-state index in [9.17, 15) is 14.4 Å². The van der Waals surface area contributed by atoms with Gasteiger partial charge < -0.3 is 4.74 Å². The molecule has 1 aromatic heterocycles. The van der Waals surface area contributed by atoms with Crippen LogP contribution >= 0.6 is 35.3 Å². The number of benzene rings is 1. The SMILES string of the molecule is Cl.O=C1CCC(=O)N1CC(=O)N(CCN1CCOCC1)c1nc2ccc(Cl)cc2s1. The standard InChI is InChI=1S/C19H21ClN4O4S.ClH/c20-13-1-2-14-15(11-13)29-19(21-14)23(6-5-22-7-9-28-10-8-22)18(27)12-24-16(25)3-4-17(24)26;/h1-2,11H,3-10,12H2;1H. The molecule has 3 amide bonds. The third-order valence-electron chi connectivity index (χ3n) is 5.06. The Morgan fingerprint density at radius 3 is 2.60 bits per heavy atom. The molecule has 0 spiro atoms. The lowest BCUT2D eigenvalue weighted by Gasteiger charge is -2.29. The van der Waals surface area contributed by atoms with Crippen molar-refractivity contribution in [2.24, 2.45) is 0 Å². The lowest BCUT2D eigenvalue weighted by molar-refractivity contribution is -0.141. The second-order valence-electron chi connectivity index (χ2n) is 6.98. The summed E-state index contributed by atoms with van der Waals surface area (Å²) in [7, 11) is 0. The van der Waals surface area contributed by atoms with E-state index in [2.05, 4.69) is 9.88 Å². The number of fused-ring (bicyclic) bond motifs is 1. The summed E-state index contributed by atoms with van der Waals surface area (Å²) in [6.07, 6.45) is 0.332. The average Bonchev–Trinajstić information content (AvgIpc) is 3.26. The molecule has 0 bridgehead atoms. The minimum Gasteiger partial charge on any atom is -0.379 e. The molecule has 8 nitrogen and oxygen atoms in total. The summed E-state index contributed by atoms with van der Waals surface area (Å²) in [4.78, 5) is 46.4. The molecule has 0 radical (unpaired) electrons. The Bertz CT molecular complexity index is 932. The molecule has 2 aliphatic heterocycles. The number of hydrogen-bond acceptors (Lipinski definition) is 7. The number of ether oxygens (including phenoxy) is 1. The maximum Gasteiger partial charge on any atom is 0.248 e. The van der Waals surface area contributed by atoms with Gasteiger partial charge in [0.05, 0.1) is 23.4 Å². The fraction of sp³-hybridized carbons (Fsp3) is 0.474. The molecule has 2 aromatic rings. The summed E-state index contributed by atoms with van der Waals surface area (Å²) >= 11 is 7.45. The van der Waals surface area contributed by atoms with Crippen molar-refractivity contribution in [3.05, 3.63) is 23.2 Å². The number of halogens is 2. The molecule has 0 atom stereocenters. The van der Waals surface area contributed by atoms with Crippen molar-refractivity contribution in [3.8, 4) is 0 Å². The molecule has 3 heterocycles. The van der Waals surface area contributed by atoms with Crippen LogP contribution < -0.4 is 4.90 Å². The number of carbonyl (C=O) groups excluding carboxylic acids is 3. The zero-order valence-electron chi connectivity index (χ0n) is 16.2. The minimum absolute atomic E-state index is 0. The van der Waals surface area contributed by atoms with Crippen molar-refractivity contribution in [1.29, 1.82) is 0 Å². The summed E-state index contributed by atoms with van der Waals surface area (Å²) in [6, 6.07) is 5.39. The number of anilines is 1. The van der Waals surface area contributed by atoms with Crippen molar-refractivity contribution in [1.82, 2.24) is 14.8 Å². The van der Waals surface area contributed by atoms with Crippen molar-refractivity contribution >= 4 is 68.4 Å². The van der Waals surface area contributed by atoms with Crippen LogP contribution in [0.3, 0.4) is 0 Å². The van der Waals surface area contributed by atoms with Crippen LogP contribution in [0.1, 0.15) is 12.8 Å². The Morgan fingerprint density at radius 2 is 1.90 bits per heavy atom. The fourth-order valence-corrected chi connectivity index (χ4v) is 4.70. The molecule has 162 valence electrons. The Morgan fingerprint density at radius 1 is 1.20 bits per heavy atom. The van der Waals surface area contributed by atoms with Gasteiger partial charge in [0.2, 0.25) is 17.7 Å². The first-order valence-corrected chi connectivity index (χ1v) is 10.7. The van der Waals surface area contributed by atoms with Crippen molar-refractivity contribution in [3.63, 3.8) is 0 Å². The molecule has 0 unspecified atom stereocenters. The zero-order chi connectivity index (χ0) is 20.4. The van der Waals surface area contributed by atoms with Crippen LogP contribution in [0.25, 0.3) is 10.2 Å². The number of morpholine rings is 1. The fourth-order valence-electron chi connectivity index (χ4n) is 3.41. The Kier molecular flexibility index (Phi) is 7.65. The second-order valence-corrected chi connectivity index (χ2v) is 8.43. The highest BCUT2D eigenvalue weighted by atomic mass is 35.5. The van der Waals surface area contributed by atoms with Crippen LogP contribution in [0.5, 0.6) is 0 Å². The van der Waals surface area contributed by atoms with Gasteiger partial charge in [0.25, 0.3) is 0 Å². The van der Waals surface area contributed by atoms with Crippen molar-refractivity contribution < 1.29 is 19.1 Å². The normalized spacial score (nSPS) is 17.4. The summed E-state index contributed by atoms with van der Waals surface area (Å²) in [5.41, 5.74) is 0.756. The molecule has 0 aliphatic carbocycles. The second kappa shape index (κ2) is 10.0. The predicted octanol–water partition coefficient (Wildman–Crippen LogP) is 2.19. The smallest absolute Gasteiger partial charge is 0.248 e. The van der Waals surface area contributed by atoms with Crippen molar-refractivity contribution in [2.75, 3.05) is 50.8 Å². The first-order chi connectivity index (χ1) is 14.0. The van der Waals surface area contributed by atoms with Gasteiger partial charge in [0.15, 0.2) is 5.13 Å². The Labute approximate surface area is 189 Å². The topological polar surface area (TPSA) is 83.1 Å². The third-order valence-corrected chi connectivity index (χ3v) is 6.34. The van der Waals surface area contributed by atoms with Gasteiger partial charge >= 0.3 is 0 Å². The van der Waals surface area contributed by atoms with Gasteiger partial charge in [0, 0.05) is 44.0 Å². The lowest BCUT2D eigenvalue weighted by Crippen LogP contribution is -2.47. The van der Waals surface area contributed by atoms with Gasteiger partial charge in [-0.3, -0.25) is 29.1 Å². The van der Waals surface area contributed by atoms with E-state index in [0.29, 0.717) is 36.5 Å². The molecule has 11 heteroatoms. The molecule has 0 N–H and O–H groups in total. The van der Waals surface area contributed by atoms with Crippen LogP contribution in [-0.2, 0) is 19.1 Å². The Hall–Kier alpha value is -1.78. The first kappa shape index (κ1) is 22.9. The van der Waals surface area contributed by atoms with E-state index in [-0.39, 0.29) is 49.5 Å². The highest BCUT2D eigenvalue weighted by Gasteiger charge is 2.33. The molecule has 2 saturated heterocycles. The summed E-state index contributed by atoms with van der Waals surface area (Å²) in [6.45, 7) is 3.78. The number of imide groups is 1. The number of likely N-dealkylation sites (tertiary alicyclic amines) is 1. The molecular formula is C19H22Cl2N4O4S. The van der Waals surface area contributed by atoms with Gasteiger partial charge in [-0.05, 0) is 18.2 Å². The largest absolute Gasteiger partial charge is 0.379 e. The van der Waals surface area contributed by atoms with E-state index in [1.54, 1.807) is 11.0 Å². The molecule has 2 aliphatic rings. The number of rotatable bonds is 6. The number of thiazole rings is 1. The number of amides is 3. The molecule has 30 heavy (non-hydrogen) atoms. The number of nitrogens with zero attached hydrogens (tertiary/aromatic N) is 4. The van der Waals surface area contributed by atoms with Gasteiger partial charge in [-0.2, -0.15) is 0 Å². The molecule has 1 aromatic carbocycles. The molecule has 2 fully saturated rings. The Balaban J connectivity index is 0.00000256. The van der Waals surface area contributed by atoms with Crippen LogP contribution in [-0.4, -0.2) is 78.4 Å². The molecule has 4 rings (SSSR count). The third kappa shape index (κ3) is 5.09. The van der Waals surface area contributed by atoms with Crippen LogP contribution in [0.4, 0.5) is 5.13 Å². The van der Waals surface area contributed by atoms with E-state index < -0.39 is 0 Å². The summed E-state index contributed by atoms with van der Waals surface area (Å²) in [5.74, 6) is -0.910. The maximum absolute atomic E-state index is 13.1. The number of hydrogen-bond donors (Lipinski definition) is 0. The number of carbonyl (C=O) groups is 3. The van der Waals surface area contributed by atoms with Gasteiger partial charge in [-0.25, -0.2) is 4.98 Å². The van der Waals surface area contributed by atoms with Crippen LogP contribution in [0.15, 0.2) is 18.2 Å².